The van der Waals surface area contributed by atoms with Crippen LogP contribution in [0.1, 0.15) is 18.9 Å². The first-order chi connectivity index (χ1) is 10.3. The van der Waals surface area contributed by atoms with Crippen LogP contribution in [0.4, 0.5) is 0 Å². The molecule has 0 atom stereocenters. The Kier molecular flexibility index (Phi) is 6.70. The zero-order valence-electron chi connectivity index (χ0n) is 13.0. The molecule has 1 saturated heterocycles. The van der Waals surface area contributed by atoms with Crippen LogP contribution in [0.15, 0.2) is 30.3 Å². The fourth-order valence-corrected chi connectivity index (χ4v) is 2.65. The number of carbonyl (C=O) groups is 1. The summed E-state index contributed by atoms with van der Waals surface area (Å²) in [5.74, 6) is -0.0796. The maximum atomic E-state index is 11.4. The Balaban J connectivity index is 1.61. The number of hydrogen-bond acceptors (Lipinski definition) is 4. The normalized spacial score (nSPS) is 16.8. The zero-order chi connectivity index (χ0) is 14.9. The molecule has 0 aliphatic carbocycles. The van der Waals surface area contributed by atoms with E-state index in [2.05, 4.69) is 40.1 Å². The van der Waals surface area contributed by atoms with Gasteiger partial charge in [0.15, 0.2) is 0 Å². The van der Waals surface area contributed by atoms with Gasteiger partial charge in [0.25, 0.3) is 0 Å². The maximum absolute atomic E-state index is 11.4. The van der Waals surface area contributed by atoms with Crippen molar-refractivity contribution in [1.82, 2.24) is 9.80 Å². The summed E-state index contributed by atoms with van der Waals surface area (Å²) in [6.45, 7) is 8.56. The van der Waals surface area contributed by atoms with Crippen molar-refractivity contribution in [1.29, 1.82) is 0 Å². The van der Waals surface area contributed by atoms with E-state index in [1.54, 1.807) is 0 Å². The van der Waals surface area contributed by atoms with Crippen molar-refractivity contribution in [2.45, 2.75) is 19.8 Å². The van der Waals surface area contributed by atoms with Gasteiger partial charge < -0.3 is 14.5 Å². The summed E-state index contributed by atoms with van der Waals surface area (Å²) in [4.78, 5) is 16.2. The number of esters is 1. The van der Waals surface area contributed by atoms with Gasteiger partial charge in [0.05, 0.1) is 13.0 Å². The van der Waals surface area contributed by atoms with Gasteiger partial charge in [-0.25, -0.2) is 0 Å². The van der Waals surface area contributed by atoms with Crippen LogP contribution in [0, 0.1) is 0 Å². The van der Waals surface area contributed by atoms with Crippen LogP contribution in [0.2, 0.25) is 0 Å². The summed E-state index contributed by atoms with van der Waals surface area (Å²) in [6.07, 6.45) is 1.63. The predicted molar refractivity (Wildman–Crippen MR) is 84.3 cm³/mol. The van der Waals surface area contributed by atoms with Crippen LogP contribution in [0.25, 0.3) is 0 Å². The second kappa shape index (κ2) is 8.80. The lowest BCUT2D eigenvalue weighted by atomic mass is 10.1. The summed E-state index contributed by atoms with van der Waals surface area (Å²) < 4.78 is 4.97. The highest BCUT2D eigenvalue weighted by molar-refractivity contribution is 5.69. The highest BCUT2D eigenvalue weighted by Gasteiger charge is 2.17. The number of carbonyl (C=O) groups excluding carboxylic acids is 1. The molecule has 21 heavy (non-hydrogen) atoms. The third-order valence-corrected chi connectivity index (χ3v) is 3.96. The third-order valence-electron chi connectivity index (χ3n) is 3.96. The molecule has 4 heteroatoms. The van der Waals surface area contributed by atoms with Crippen LogP contribution in [-0.4, -0.2) is 61.6 Å². The van der Waals surface area contributed by atoms with Crippen molar-refractivity contribution in [2.75, 3.05) is 45.9 Å². The molecule has 0 N–H and O–H groups in total. The minimum absolute atomic E-state index is 0.0796. The molecule has 0 radical (unpaired) electrons. The molecule has 0 bridgehead atoms. The topological polar surface area (TPSA) is 32.8 Å². The maximum Gasteiger partial charge on any atom is 0.307 e. The summed E-state index contributed by atoms with van der Waals surface area (Å²) in [7, 11) is 0. The number of benzene rings is 1. The molecule has 1 aromatic carbocycles. The van der Waals surface area contributed by atoms with Crippen molar-refractivity contribution < 1.29 is 9.53 Å². The van der Waals surface area contributed by atoms with Gasteiger partial charge in [-0.3, -0.25) is 4.79 Å². The van der Waals surface area contributed by atoms with E-state index in [1.807, 2.05) is 6.92 Å². The van der Waals surface area contributed by atoms with Crippen molar-refractivity contribution in [3.63, 3.8) is 0 Å². The Bertz CT molecular complexity index is 414. The first-order valence-corrected chi connectivity index (χ1v) is 7.92. The highest BCUT2D eigenvalue weighted by Crippen LogP contribution is 2.06. The number of nitrogens with zero attached hydrogens (tertiary/aromatic N) is 2. The van der Waals surface area contributed by atoms with Gasteiger partial charge in [0.2, 0.25) is 0 Å². The van der Waals surface area contributed by atoms with Gasteiger partial charge in [-0.05, 0) is 18.9 Å². The predicted octanol–water partition coefficient (Wildman–Crippen LogP) is 1.80. The molecule has 1 fully saturated rings. The van der Waals surface area contributed by atoms with Gasteiger partial charge >= 0.3 is 5.97 Å². The molecule has 0 amide bonds. The summed E-state index contributed by atoms with van der Waals surface area (Å²) in [5, 5.41) is 0. The molecule has 4 nitrogen and oxygen atoms in total. The average molecular weight is 290 g/mol. The fourth-order valence-electron chi connectivity index (χ4n) is 2.65. The van der Waals surface area contributed by atoms with Gasteiger partial charge in [-0.2, -0.15) is 0 Å². The van der Waals surface area contributed by atoms with Crippen molar-refractivity contribution in [2.24, 2.45) is 0 Å². The summed E-state index contributed by atoms with van der Waals surface area (Å²) >= 11 is 0. The Labute approximate surface area is 127 Å². The highest BCUT2D eigenvalue weighted by atomic mass is 16.5. The molecule has 2 rings (SSSR count). The Hall–Kier alpha value is -1.39. The molecule has 0 saturated carbocycles. The monoisotopic (exact) mass is 290 g/mol. The molecule has 116 valence electrons. The number of rotatable bonds is 7. The van der Waals surface area contributed by atoms with Crippen molar-refractivity contribution in [3.05, 3.63) is 35.9 Å². The standard InChI is InChI=1S/C17H26N2O2/c1-2-21-17(20)9-11-19-14-12-18(13-15-19)10-8-16-6-4-3-5-7-16/h3-7H,2,8-15H2,1H3. The van der Waals surface area contributed by atoms with Crippen molar-refractivity contribution >= 4 is 5.97 Å². The zero-order valence-corrected chi connectivity index (χ0v) is 13.0. The molecule has 1 aromatic rings. The largest absolute Gasteiger partial charge is 0.466 e. The number of piperazine rings is 1. The lowest BCUT2D eigenvalue weighted by Crippen LogP contribution is -2.47. The summed E-state index contributed by atoms with van der Waals surface area (Å²) in [6, 6.07) is 10.6. The van der Waals surface area contributed by atoms with Crippen LogP contribution in [-0.2, 0) is 16.0 Å². The van der Waals surface area contributed by atoms with Crippen LogP contribution in [0.3, 0.4) is 0 Å². The second-order valence-electron chi connectivity index (χ2n) is 5.47. The molecular weight excluding hydrogens is 264 g/mol. The van der Waals surface area contributed by atoms with E-state index in [0.29, 0.717) is 13.0 Å². The Morgan fingerprint density at radius 2 is 1.67 bits per heavy atom. The Morgan fingerprint density at radius 3 is 2.29 bits per heavy atom. The molecular formula is C17H26N2O2. The Morgan fingerprint density at radius 1 is 1.05 bits per heavy atom. The van der Waals surface area contributed by atoms with Crippen LogP contribution < -0.4 is 0 Å². The minimum Gasteiger partial charge on any atom is -0.466 e. The lowest BCUT2D eigenvalue weighted by molar-refractivity contribution is -0.143. The number of hydrogen-bond donors (Lipinski definition) is 0. The summed E-state index contributed by atoms with van der Waals surface area (Å²) in [5.41, 5.74) is 1.40. The van der Waals surface area contributed by atoms with Gasteiger partial charge in [-0.15, -0.1) is 0 Å². The molecule has 1 aliphatic heterocycles. The first kappa shape index (κ1) is 16.0. The quantitative estimate of drug-likeness (QED) is 0.717. The molecule has 1 aliphatic rings. The van der Waals surface area contributed by atoms with Crippen molar-refractivity contribution in [3.8, 4) is 0 Å². The van der Waals surface area contributed by atoms with E-state index < -0.39 is 0 Å². The molecule has 0 aromatic heterocycles. The van der Waals surface area contributed by atoms with E-state index in [0.717, 1.165) is 45.7 Å². The fraction of sp³-hybridized carbons (Fsp3) is 0.588. The molecule has 1 heterocycles. The second-order valence-corrected chi connectivity index (χ2v) is 5.47. The third kappa shape index (κ3) is 5.86. The SMILES string of the molecule is CCOC(=O)CCN1CCN(CCc2ccccc2)CC1. The molecule has 0 unspecified atom stereocenters. The lowest BCUT2D eigenvalue weighted by Gasteiger charge is -2.34. The number of ether oxygens (including phenoxy) is 1. The smallest absolute Gasteiger partial charge is 0.307 e. The molecule has 0 spiro atoms. The van der Waals surface area contributed by atoms with Gasteiger partial charge in [0, 0.05) is 39.3 Å². The van der Waals surface area contributed by atoms with E-state index in [4.69, 9.17) is 4.74 Å². The average Bonchev–Trinajstić information content (AvgIpc) is 2.53. The van der Waals surface area contributed by atoms with E-state index in [9.17, 15) is 4.79 Å². The van der Waals surface area contributed by atoms with Crippen LogP contribution >= 0.6 is 0 Å². The van der Waals surface area contributed by atoms with E-state index >= 15 is 0 Å². The minimum atomic E-state index is -0.0796. The van der Waals surface area contributed by atoms with Gasteiger partial charge in [-0.1, -0.05) is 30.3 Å². The van der Waals surface area contributed by atoms with Crippen LogP contribution in [0.5, 0.6) is 0 Å². The van der Waals surface area contributed by atoms with E-state index in [1.165, 1.54) is 5.56 Å². The van der Waals surface area contributed by atoms with Gasteiger partial charge in [0.1, 0.15) is 0 Å². The van der Waals surface area contributed by atoms with E-state index in [-0.39, 0.29) is 5.97 Å². The first-order valence-electron chi connectivity index (χ1n) is 7.92.